The highest BCUT2D eigenvalue weighted by Crippen LogP contribution is 2.22. The second-order valence-corrected chi connectivity index (χ2v) is 14.1. The third-order valence-electron chi connectivity index (χ3n) is 6.87. The summed E-state index contributed by atoms with van der Waals surface area (Å²) < 4.78 is 11.5. The Hall–Kier alpha value is -4.08. The lowest BCUT2D eigenvalue weighted by molar-refractivity contribution is -0.389. The molecule has 2 aliphatic rings. The molecule has 0 aliphatic carbocycles. The molecule has 0 aromatic carbocycles. The highest BCUT2D eigenvalue weighted by Gasteiger charge is 2.31. The van der Waals surface area contributed by atoms with Gasteiger partial charge in [0.2, 0.25) is 0 Å². The van der Waals surface area contributed by atoms with Crippen molar-refractivity contribution >= 4 is 45.4 Å². The first kappa shape index (κ1) is 39.1. The van der Waals surface area contributed by atoms with E-state index in [1.165, 1.54) is 30.9 Å². The lowest BCUT2D eigenvalue weighted by Gasteiger charge is -2.40. The minimum atomic E-state index is -0.535. The molecule has 16 heteroatoms. The fraction of sp³-hybridized carbons (Fsp3) is 0.613. The van der Waals surface area contributed by atoms with Gasteiger partial charge in [-0.2, -0.15) is 0 Å². The maximum atomic E-state index is 12.2. The maximum absolute atomic E-state index is 12.2. The van der Waals surface area contributed by atoms with E-state index in [1.54, 1.807) is 17.0 Å². The van der Waals surface area contributed by atoms with Gasteiger partial charge in [-0.3, -0.25) is 0 Å². The number of halogens is 1. The molecule has 260 valence electrons. The number of pyridine rings is 2. The quantitative estimate of drug-likeness (QED) is 0.236. The van der Waals surface area contributed by atoms with E-state index in [0.717, 1.165) is 29.5 Å². The third kappa shape index (κ3) is 13.7. The van der Waals surface area contributed by atoms with Crippen LogP contribution in [0.15, 0.2) is 41.1 Å². The van der Waals surface area contributed by atoms with Gasteiger partial charge in [0.15, 0.2) is 12.4 Å². The Labute approximate surface area is 284 Å². The van der Waals surface area contributed by atoms with E-state index in [-0.39, 0.29) is 35.5 Å². The zero-order valence-corrected chi connectivity index (χ0v) is 29.9. The molecule has 0 unspecified atom stereocenters. The largest absolute Gasteiger partial charge is 0.444 e. The minimum absolute atomic E-state index is 0.0196. The van der Waals surface area contributed by atoms with Gasteiger partial charge in [-0.05, 0) is 123 Å². The number of piperidine rings is 1. The number of piperazine rings is 1. The Morgan fingerprint density at radius 1 is 0.787 bits per heavy atom. The van der Waals surface area contributed by atoms with Crippen molar-refractivity contribution in [3.8, 4) is 0 Å². The van der Waals surface area contributed by atoms with Gasteiger partial charge in [-0.25, -0.2) is 9.59 Å². The molecule has 2 aliphatic heterocycles. The molecule has 2 aromatic rings. The van der Waals surface area contributed by atoms with Crippen LogP contribution in [-0.4, -0.2) is 91.3 Å². The van der Waals surface area contributed by atoms with E-state index < -0.39 is 15.4 Å². The molecular weight excluding hydrogens is 678 g/mol. The first-order valence-corrected chi connectivity index (χ1v) is 16.2. The SMILES string of the molecule is C[C@H]1CCCCN1C(=O)OC(C)(C)C.C[C@H]1CN(c2ccc([N+](=O)[O-])nc2)CCN1C(=O)OC(C)(C)C.O=[N+]([O-])c1ccc(Br)cn1. The standard InChI is InChI=1S/C15H22N4O4.C11H21NO2.C5H3BrN2O2/c1-11-10-17(12-5-6-13(16-9-12)19(21)22)7-8-18(11)14(20)23-15(2,3)4;1-9-7-5-6-8-12(9)10(13)14-11(2,3)4;6-4-1-2-5(7-3-4)8(9)10/h5-6,9,11H,7-8,10H2,1-4H3;9H,5-8H2,1-4H3;1-3H/t11-;9-;/m00./s1. The predicted molar refractivity (Wildman–Crippen MR) is 180 cm³/mol. The van der Waals surface area contributed by atoms with Crippen molar-refractivity contribution in [2.75, 3.05) is 31.1 Å². The Kier molecular flexibility index (Phi) is 14.3. The van der Waals surface area contributed by atoms with Crippen LogP contribution in [0.1, 0.15) is 74.7 Å². The van der Waals surface area contributed by atoms with Crippen molar-refractivity contribution in [3.63, 3.8) is 0 Å². The summed E-state index contributed by atoms with van der Waals surface area (Å²) in [5.74, 6) is -0.308. The molecule has 2 amide bonds. The number of ether oxygens (including phenoxy) is 2. The zero-order chi connectivity index (χ0) is 35.5. The predicted octanol–water partition coefficient (Wildman–Crippen LogP) is 6.98. The Morgan fingerprint density at radius 2 is 1.30 bits per heavy atom. The number of anilines is 1. The number of nitro groups is 2. The molecule has 15 nitrogen and oxygen atoms in total. The maximum Gasteiger partial charge on any atom is 0.410 e. The van der Waals surface area contributed by atoms with Gasteiger partial charge in [-0.1, -0.05) is 0 Å². The summed E-state index contributed by atoms with van der Waals surface area (Å²) in [5, 5.41) is 20.7. The number of hydrogen-bond acceptors (Lipinski definition) is 11. The summed E-state index contributed by atoms with van der Waals surface area (Å²) in [6, 6.07) is 6.29. The van der Waals surface area contributed by atoms with Gasteiger partial charge >= 0.3 is 23.8 Å². The lowest BCUT2D eigenvalue weighted by Crippen LogP contribution is -2.55. The van der Waals surface area contributed by atoms with Crippen LogP contribution in [0.4, 0.5) is 26.9 Å². The van der Waals surface area contributed by atoms with Gasteiger partial charge < -0.3 is 44.4 Å². The fourth-order valence-electron chi connectivity index (χ4n) is 4.62. The van der Waals surface area contributed by atoms with Gasteiger partial charge in [0, 0.05) is 50.4 Å². The van der Waals surface area contributed by atoms with E-state index >= 15 is 0 Å². The number of likely N-dealkylation sites (tertiary alicyclic amines) is 1. The molecule has 0 N–H and O–H groups in total. The van der Waals surface area contributed by atoms with Crippen LogP contribution < -0.4 is 4.90 Å². The number of nitrogens with zero attached hydrogens (tertiary/aromatic N) is 7. The number of amides is 2. The van der Waals surface area contributed by atoms with Crippen molar-refractivity contribution in [3.05, 3.63) is 61.4 Å². The molecule has 0 spiro atoms. The minimum Gasteiger partial charge on any atom is -0.444 e. The molecule has 2 atom stereocenters. The Balaban J connectivity index is 0.000000271. The van der Waals surface area contributed by atoms with Crippen molar-refractivity contribution in [2.45, 2.75) is 97.9 Å². The topological polar surface area (TPSA) is 174 Å². The molecule has 0 bridgehead atoms. The molecule has 2 fully saturated rings. The average molecular weight is 725 g/mol. The molecular formula is C31H46BrN7O8. The van der Waals surface area contributed by atoms with Crippen molar-refractivity contribution in [1.29, 1.82) is 0 Å². The molecule has 0 saturated carbocycles. The van der Waals surface area contributed by atoms with Crippen LogP contribution in [0.5, 0.6) is 0 Å². The molecule has 2 aromatic heterocycles. The van der Waals surface area contributed by atoms with Gasteiger partial charge in [0.1, 0.15) is 11.2 Å². The summed E-state index contributed by atoms with van der Waals surface area (Å²) >= 11 is 3.11. The van der Waals surface area contributed by atoms with Crippen LogP contribution in [0.25, 0.3) is 0 Å². The Morgan fingerprint density at radius 3 is 1.70 bits per heavy atom. The second kappa shape index (κ2) is 17.2. The van der Waals surface area contributed by atoms with Crippen LogP contribution in [0.2, 0.25) is 0 Å². The van der Waals surface area contributed by atoms with E-state index in [1.807, 2.05) is 53.4 Å². The van der Waals surface area contributed by atoms with Gasteiger partial charge in [0.05, 0.1) is 10.2 Å². The van der Waals surface area contributed by atoms with Crippen molar-refractivity contribution < 1.29 is 28.9 Å². The number of carbonyl (C=O) groups excluding carboxylic acids is 2. The van der Waals surface area contributed by atoms with Crippen LogP contribution in [0.3, 0.4) is 0 Å². The van der Waals surface area contributed by atoms with Crippen molar-refractivity contribution in [1.82, 2.24) is 19.8 Å². The first-order valence-electron chi connectivity index (χ1n) is 15.4. The summed E-state index contributed by atoms with van der Waals surface area (Å²) in [6.07, 6.45) is 5.83. The number of carbonyl (C=O) groups is 2. The third-order valence-corrected chi connectivity index (χ3v) is 7.34. The zero-order valence-electron chi connectivity index (χ0n) is 28.3. The lowest BCUT2D eigenvalue weighted by atomic mass is 10.0. The van der Waals surface area contributed by atoms with Gasteiger partial charge in [-0.15, -0.1) is 0 Å². The van der Waals surface area contributed by atoms with E-state index in [0.29, 0.717) is 25.7 Å². The molecule has 0 radical (unpaired) electrons. The second-order valence-electron chi connectivity index (χ2n) is 13.2. The number of aromatic nitrogens is 2. The summed E-state index contributed by atoms with van der Waals surface area (Å²) in [6.45, 7) is 17.9. The van der Waals surface area contributed by atoms with Crippen molar-refractivity contribution in [2.24, 2.45) is 0 Å². The van der Waals surface area contributed by atoms with Gasteiger partial charge in [0.25, 0.3) is 0 Å². The van der Waals surface area contributed by atoms with E-state index in [9.17, 15) is 29.8 Å². The molecule has 4 heterocycles. The van der Waals surface area contributed by atoms with Crippen LogP contribution in [-0.2, 0) is 9.47 Å². The normalized spacial score (nSPS) is 18.1. The highest BCUT2D eigenvalue weighted by molar-refractivity contribution is 9.10. The summed E-state index contributed by atoms with van der Waals surface area (Å²) in [5.41, 5.74) is -0.0870. The molecule has 4 rings (SSSR count). The van der Waals surface area contributed by atoms with Crippen LogP contribution >= 0.6 is 15.9 Å². The number of rotatable bonds is 3. The monoisotopic (exact) mass is 723 g/mol. The Bertz CT molecular complexity index is 1350. The smallest absolute Gasteiger partial charge is 0.410 e. The highest BCUT2D eigenvalue weighted by atomic mass is 79.9. The molecule has 2 saturated heterocycles. The fourth-order valence-corrected chi connectivity index (χ4v) is 4.86. The summed E-state index contributed by atoms with van der Waals surface area (Å²) in [7, 11) is 0. The summed E-state index contributed by atoms with van der Waals surface area (Å²) in [4.78, 5) is 56.5. The van der Waals surface area contributed by atoms with E-state index in [4.69, 9.17) is 9.47 Å². The van der Waals surface area contributed by atoms with E-state index in [2.05, 4.69) is 37.7 Å². The average Bonchev–Trinajstić information content (AvgIpc) is 2.96. The first-order chi connectivity index (χ1) is 21.8. The molecule has 47 heavy (non-hydrogen) atoms. The number of hydrogen-bond donors (Lipinski definition) is 0. The van der Waals surface area contributed by atoms with Crippen LogP contribution in [0, 0.1) is 20.2 Å².